The third-order valence-electron chi connectivity index (χ3n) is 1.92. The van der Waals surface area contributed by atoms with Crippen molar-refractivity contribution in [3.63, 3.8) is 0 Å². The van der Waals surface area contributed by atoms with Gasteiger partial charge in [-0.1, -0.05) is 15.9 Å². The van der Waals surface area contributed by atoms with E-state index in [9.17, 15) is 9.18 Å². The summed E-state index contributed by atoms with van der Waals surface area (Å²) in [6.07, 6.45) is 0. The molecular weight excluding hydrogens is 239 g/mol. The molecular formula is C9H8BrFO2. The predicted molar refractivity (Wildman–Crippen MR) is 50.5 cm³/mol. The molecule has 2 nitrogen and oxygen atoms in total. The fourth-order valence-corrected chi connectivity index (χ4v) is 1.47. The zero-order valence-corrected chi connectivity index (χ0v) is 8.77. The molecule has 0 atom stereocenters. The van der Waals surface area contributed by atoms with Gasteiger partial charge in [0.25, 0.3) is 0 Å². The second-order valence-electron chi connectivity index (χ2n) is 2.78. The number of halogens is 2. The quantitative estimate of drug-likeness (QED) is 0.828. The SMILES string of the molecule is Cc1c(Br)cc(C(=O)O)c(C)c1F. The number of hydrogen-bond donors (Lipinski definition) is 1. The lowest BCUT2D eigenvalue weighted by molar-refractivity contribution is 0.0695. The minimum atomic E-state index is -1.11. The summed E-state index contributed by atoms with van der Waals surface area (Å²) in [5, 5.41) is 8.72. The van der Waals surface area contributed by atoms with E-state index in [-0.39, 0.29) is 11.1 Å². The van der Waals surface area contributed by atoms with Crippen molar-refractivity contribution in [3.8, 4) is 0 Å². The van der Waals surface area contributed by atoms with Crippen LogP contribution in [0.15, 0.2) is 10.5 Å². The third kappa shape index (κ3) is 1.72. The first-order valence-corrected chi connectivity index (χ1v) is 4.43. The first-order chi connectivity index (χ1) is 5.95. The van der Waals surface area contributed by atoms with Gasteiger partial charge in [-0.3, -0.25) is 0 Å². The number of carboxylic acid groups (broad SMARTS) is 1. The summed E-state index contributed by atoms with van der Waals surface area (Å²) in [7, 11) is 0. The average Bonchev–Trinajstić information content (AvgIpc) is 2.07. The minimum Gasteiger partial charge on any atom is -0.478 e. The summed E-state index contributed by atoms with van der Waals surface area (Å²) in [6.45, 7) is 3.05. The Labute approximate surface area is 83.5 Å². The second kappa shape index (κ2) is 3.46. The van der Waals surface area contributed by atoms with E-state index in [1.165, 1.54) is 13.0 Å². The Balaban J connectivity index is 3.50. The second-order valence-corrected chi connectivity index (χ2v) is 3.63. The molecule has 0 aliphatic carbocycles. The number of aromatic carboxylic acids is 1. The monoisotopic (exact) mass is 246 g/mol. The molecule has 0 bridgehead atoms. The zero-order chi connectivity index (χ0) is 10.2. The van der Waals surface area contributed by atoms with Crippen molar-refractivity contribution in [1.29, 1.82) is 0 Å². The molecule has 0 radical (unpaired) electrons. The lowest BCUT2D eigenvalue weighted by atomic mass is 10.1. The summed E-state index contributed by atoms with van der Waals surface area (Å²) in [6, 6.07) is 1.41. The van der Waals surface area contributed by atoms with E-state index in [1.807, 2.05) is 0 Å². The number of benzene rings is 1. The van der Waals surface area contributed by atoms with Crippen molar-refractivity contribution in [1.82, 2.24) is 0 Å². The summed E-state index contributed by atoms with van der Waals surface area (Å²) in [4.78, 5) is 10.7. The average molecular weight is 247 g/mol. The number of rotatable bonds is 1. The van der Waals surface area contributed by atoms with Crippen LogP contribution in [0.4, 0.5) is 4.39 Å². The van der Waals surface area contributed by atoms with Crippen molar-refractivity contribution in [3.05, 3.63) is 33.0 Å². The van der Waals surface area contributed by atoms with Crippen LogP contribution in [0.3, 0.4) is 0 Å². The van der Waals surface area contributed by atoms with E-state index in [0.29, 0.717) is 10.0 Å². The standard InChI is InChI=1S/C9H8BrFO2/c1-4-6(9(12)13)3-7(10)5(2)8(4)11/h3H,1-2H3,(H,12,13). The van der Waals surface area contributed by atoms with Gasteiger partial charge in [0.05, 0.1) is 5.56 Å². The number of hydrogen-bond acceptors (Lipinski definition) is 1. The van der Waals surface area contributed by atoms with Gasteiger partial charge in [-0.15, -0.1) is 0 Å². The van der Waals surface area contributed by atoms with E-state index >= 15 is 0 Å². The van der Waals surface area contributed by atoms with Crippen molar-refractivity contribution in [2.45, 2.75) is 13.8 Å². The highest BCUT2D eigenvalue weighted by atomic mass is 79.9. The van der Waals surface area contributed by atoms with E-state index < -0.39 is 11.8 Å². The third-order valence-corrected chi connectivity index (χ3v) is 2.75. The Kier molecular flexibility index (Phi) is 2.71. The molecule has 70 valence electrons. The molecule has 1 rings (SSSR count). The topological polar surface area (TPSA) is 37.3 Å². The van der Waals surface area contributed by atoms with Crippen LogP contribution in [0.5, 0.6) is 0 Å². The van der Waals surface area contributed by atoms with E-state index in [1.54, 1.807) is 6.92 Å². The van der Waals surface area contributed by atoms with Crippen LogP contribution in [0.2, 0.25) is 0 Å². The molecule has 1 aromatic carbocycles. The maximum absolute atomic E-state index is 13.3. The summed E-state index contributed by atoms with van der Waals surface area (Å²) in [5.74, 6) is -1.58. The van der Waals surface area contributed by atoms with Gasteiger partial charge in [0.1, 0.15) is 5.82 Å². The first-order valence-electron chi connectivity index (χ1n) is 3.63. The largest absolute Gasteiger partial charge is 0.478 e. The normalized spacial score (nSPS) is 10.2. The number of carboxylic acids is 1. The summed E-state index contributed by atoms with van der Waals surface area (Å²) < 4.78 is 13.8. The molecule has 0 saturated heterocycles. The fourth-order valence-electron chi connectivity index (χ4n) is 1.07. The van der Waals surface area contributed by atoms with Gasteiger partial charge in [0.15, 0.2) is 0 Å². The molecule has 0 unspecified atom stereocenters. The van der Waals surface area contributed by atoms with Crippen LogP contribution in [0, 0.1) is 19.7 Å². The van der Waals surface area contributed by atoms with Gasteiger partial charge < -0.3 is 5.11 Å². The molecule has 0 saturated carbocycles. The van der Waals surface area contributed by atoms with Gasteiger partial charge in [-0.05, 0) is 31.0 Å². The highest BCUT2D eigenvalue weighted by molar-refractivity contribution is 9.10. The molecule has 0 heterocycles. The van der Waals surface area contributed by atoms with Crippen LogP contribution in [-0.2, 0) is 0 Å². The van der Waals surface area contributed by atoms with E-state index in [2.05, 4.69) is 15.9 Å². The molecule has 0 aliphatic heterocycles. The van der Waals surface area contributed by atoms with Crippen molar-refractivity contribution < 1.29 is 14.3 Å². The highest BCUT2D eigenvalue weighted by Gasteiger charge is 2.15. The lowest BCUT2D eigenvalue weighted by Gasteiger charge is -2.06. The Morgan fingerprint density at radius 2 is 2.00 bits per heavy atom. The Morgan fingerprint density at radius 1 is 1.46 bits per heavy atom. The van der Waals surface area contributed by atoms with Crippen molar-refractivity contribution >= 4 is 21.9 Å². The van der Waals surface area contributed by atoms with Crippen molar-refractivity contribution in [2.75, 3.05) is 0 Å². The molecule has 0 spiro atoms. The minimum absolute atomic E-state index is 0.00465. The fraction of sp³-hybridized carbons (Fsp3) is 0.222. The van der Waals surface area contributed by atoms with Crippen LogP contribution < -0.4 is 0 Å². The Hall–Kier alpha value is -0.900. The molecule has 1 aromatic rings. The Bertz CT molecular complexity index is 374. The number of carbonyl (C=O) groups is 1. The molecule has 0 fully saturated rings. The van der Waals surface area contributed by atoms with Gasteiger partial charge in [-0.2, -0.15) is 0 Å². The van der Waals surface area contributed by atoms with Crippen LogP contribution in [0.1, 0.15) is 21.5 Å². The van der Waals surface area contributed by atoms with E-state index in [0.717, 1.165) is 0 Å². The summed E-state index contributed by atoms with van der Waals surface area (Å²) >= 11 is 3.10. The van der Waals surface area contributed by atoms with Crippen molar-refractivity contribution in [2.24, 2.45) is 0 Å². The molecule has 4 heteroatoms. The molecule has 1 N–H and O–H groups in total. The van der Waals surface area contributed by atoms with Gasteiger partial charge in [0, 0.05) is 4.47 Å². The molecule has 0 aliphatic rings. The molecule has 0 aromatic heterocycles. The smallest absolute Gasteiger partial charge is 0.336 e. The Morgan fingerprint density at radius 3 is 2.46 bits per heavy atom. The van der Waals surface area contributed by atoms with Crippen LogP contribution >= 0.6 is 15.9 Å². The summed E-state index contributed by atoms with van der Waals surface area (Å²) in [5.41, 5.74) is 0.602. The van der Waals surface area contributed by atoms with Crippen LogP contribution in [-0.4, -0.2) is 11.1 Å². The highest BCUT2D eigenvalue weighted by Crippen LogP contribution is 2.24. The molecule has 13 heavy (non-hydrogen) atoms. The molecule has 0 amide bonds. The maximum Gasteiger partial charge on any atom is 0.336 e. The predicted octanol–water partition coefficient (Wildman–Crippen LogP) is 2.90. The zero-order valence-electron chi connectivity index (χ0n) is 7.19. The lowest BCUT2D eigenvalue weighted by Crippen LogP contribution is -2.03. The van der Waals surface area contributed by atoms with Gasteiger partial charge >= 0.3 is 5.97 Å². The van der Waals surface area contributed by atoms with E-state index in [4.69, 9.17) is 5.11 Å². The first kappa shape index (κ1) is 10.2. The van der Waals surface area contributed by atoms with Crippen LogP contribution in [0.25, 0.3) is 0 Å². The maximum atomic E-state index is 13.3. The van der Waals surface area contributed by atoms with Gasteiger partial charge in [0.2, 0.25) is 0 Å². The van der Waals surface area contributed by atoms with Gasteiger partial charge in [-0.25, -0.2) is 9.18 Å².